The first kappa shape index (κ1) is 14.5. The van der Waals surface area contributed by atoms with Crippen LogP contribution in [0.4, 0.5) is 5.69 Å². The molecule has 0 spiro atoms. The molecule has 18 heavy (non-hydrogen) atoms. The van der Waals surface area contributed by atoms with Gasteiger partial charge in [0.25, 0.3) is 0 Å². The summed E-state index contributed by atoms with van der Waals surface area (Å²) in [5.74, 6) is -0.312. The molecular formula is C14H23N3O. The van der Waals surface area contributed by atoms with Crippen molar-refractivity contribution >= 4 is 11.6 Å². The van der Waals surface area contributed by atoms with Crippen LogP contribution in [0.3, 0.4) is 0 Å². The third-order valence-electron chi connectivity index (χ3n) is 2.90. The van der Waals surface area contributed by atoms with Crippen molar-refractivity contribution < 1.29 is 4.79 Å². The molecule has 0 saturated carbocycles. The number of likely N-dealkylation sites (N-methyl/N-ethyl adjacent to an activating group) is 2. The Morgan fingerprint density at radius 3 is 2.33 bits per heavy atom. The maximum atomic E-state index is 11.3. The second-order valence-electron chi connectivity index (χ2n) is 4.74. The van der Waals surface area contributed by atoms with Gasteiger partial charge in [-0.25, -0.2) is 0 Å². The highest BCUT2D eigenvalue weighted by molar-refractivity contribution is 5.80. The summed E-state index contributed by atoms with van der Waals surface area (Å²) in [4.78, 5) is 13.4. The summed E-state index contributed by atoms with van der Waals surface area (Å²) < 4.78 is 0. The number of aryl methyl sites for hydroxylation is 2. The molecule has 0 aliphatic rings. The highest BCUT2D eigenvalue weighted by Crippen LogP contribution is 2.17. The van der Waals surface area contributed by atoms with Crippen LogP contribution in [0.5, 0.6) is 0 Å². The van der Waals surface area contributed by atoms with E-state index in [0.717, 1.165) is 12.2 Å². The molecule has 1 atom stereocenters. The molecule has 0 heterocycles. The Balaban J connectivity index is 2.79. The second kappa shape index (κ2) is 6.40. The maximum Gasteiger partial charge on any atom is 0.236 e. The molecular weight excluding hydrogens is 226 g/mol. The molecule has 100 valence electrons. The summed E-state index contributed by atoms with van der Waals surface area (Å²) >= 11 is 0. The second-order valence-corrected chi connectivity index (χ2v) is 4.74. The van der Waals surface area contributed by atoms with Gasteiger partial charge in [0.1, 0.15) is 6.04 Å². The van der Waals surface area contributed by atoms with Crippen LogP contribution >= 0.6 is 0 Å². The van der Waals surface area contributed by atoms with Gasteiger partial charge in [-0.2, -0.15) is 0 Å². The van der Waals surface area contributed by atoms with E-state index in [1.54, 1.807) is 0 Å². The van der Waals surface area contributed by atoms with Crippen LogP contribution < -0.4 is 16.0 Å². The zero-order valence-corrected chi connectivity index (χ0v) is 11.7. The van der Waals surface area contributed by atoms with Crippen LogP contribution in [-0.2, 0) is 4.79 Å². The van der Waals surface area contributed by atoms with Gasteiger partial charge in [-0.3, -0.25) is 4.79 Å². The summed E-state index contributed by atoms with van der Waals surface area (Å²) in [6.45, 7) is 7.41. The molecule has 4 heteroatoms. The van der Waals surface area contributed by atoms with Crippen LogP contribution in [0.15, 0.2) is 18.2 Å². The van der Waals surface area contributed by atoms with Crippen molar-refractivity contribution in [3.63, 3.8) is 0 Å². The van der Waals surface area contributed by atoms with Crippen LogP contribution in [0.1, 0.15) is 18.1 Å². The lowest BCUT2D eigenvalue weighted by atomic mass is 10.1. The largest absolute Gasteiger partial charge is 0.372 e. The number of anilines is 1. The maximum absolute atomic E-state index is 11.3. The van der Waals surface area contributed by atoms with E-state index < -0.39 is 0 Å². The first-order chi connectivity index (χ1) is 8.43. The Hall–Kier alpha value is -1.55. The van der Waals surface area contributed by atoms with Gasteiger partial charge in [0, 0.05) is 19.3 Å². The molecule has 0 aliphatic carbocycles. The molecule has 0 aromatic heterocycles. The normalized spacial score (nSPS) is 12.2. The van der Waals surface area contributed by atoms with Gasteiger partial charge in [0.15, 0.2) is 0 Å². The molecule has 3 N–H and O–H groups in total. The average molecular weight is 249 g/mol. The predicted molar refractivity (Wildman–Crippen MR) is 75.8 cm³/mol. The lowest BCUT2D eigenvalue weighted by molar-refractivity contribution is -0.119. The van der Waals surface area contributed by atoms with Crippen molar-refractivity contribution in [2.75, 3.05) is 25.0 Å². The lowest BCUT2D eigenvalue weighted by Crippen LogP contribution is -2.48. The number of primary amides is 1. The lowest BCUT2D eigenvalue weighted by Gasteiger charge is -2.25. The fraction of sp³-hybridized carbons (Fsp3) is 0.500. The van der Waals surface area contributed by atoms with Crippen molar-refractivity contribution in [2.45, 2.75) is 26.8 Å². The Morgan fingerprint density at radius 2 is 1.89 bits per heavy atom. The molecule has 1 aromatic rings. The molecule has 0 bridgehead atoms. The summed E-state index contributed by atoms with van der Waals surface area (Å²) in [6, 6.07) is 6.03. The minimum absolute atomic E-state index is 0.312. The average Bonchev–Trinajstić information content (AvgIpc) is 2.26. The van der Waals surface area contributed by atoms with Crippen molar-refractivity contribution in [3.8, 4) is 0 Å². The highest BCUT2D eigenvalue weighted by Gasteiger charge is 2.16. The Labute approximate surface area is 109 Å². The van der Waals surface area contributed by atoms with Gasteiger partial charge >= 0.3 is 0 Å². The molecule has 4 nitrogen and oxygen atoms in total. The van der Waals surface area contributed by atoms with Crippen molar-refractivity contribution in [2.24, 2.45) is 5.73 Å². The Kier molecular flexibility index (Phi) is 5.16. The van der Waals surface area contributed by atoms with Crippen LogP contribution in [-0.4, -0.2) is 32.1 Å². The first-order valence-electron chi connectivity index (χ1n) is 6.26. The molecule has 0 aliphatic heterocycles. The molecule has 0 fully saturated rings. The van der Waals surface area contributed by atoms with Gasteiger partial charge < -0.3 is 16.0 Å². The summed E-state index contributed by atoms with van der Waals surface area (Å²) in [5, 5.41) is 3.10. The van der Waals surface area contributed by atoms with Gasteiger partial charge in [-0.15, -0.1) is 0 Å². The van der Waals surface area contributed by atoms with Crippen molar-refractivity contribution in [3.05, 3.63) is 29.3 Å². The topological polar surface area (TPSA) is 58.4 Å². The van der Waals surface area contributed by atoms with Crippen LogP contribution in [0.25, 0.3) is 0 Å². The van der Waals surface area contributed by atoms with E-state index in [9.17, 15) is 4.79 Å². The van der Waals surface area contributed by atoms with Gasteiger partial charge in [-0.05, 0) is 43.7 Å². The van der Waals surface area contributed by atoms with Gasteiger partial charge in [-0.1, -0.05) is 13.0 Å². The fourth-order valence-electron chi connectivity index (χ4n) is 2.05. The predicted octanol–water partition coefficient (Wildman–Crippen LogP) is 1.20. The number of rotatable bonds is 6. The Bertz CT molecular complexity index is 397. The minimum Gasteiger partial charge on any atom is -0.372 e. The van der Waals surface area contributed by atoms with Crippen LogP contribution in [0, 0.1) is 13.8 Å². The number of amides is 1. The molecule has 1 rings (SSSR count). The SMILES string of the molecule is CCNC(CN(C)c1cc(C)cc(C)c1)C(N)=O. The minimum atomic E-state index is -0.319. The zero-order chi connectivity index (χ0) is 13.7. The fourth-order valence-corrected chi connectivity index (χ4v) is 2.05. The molecule has 1 aromatic carbocycles. The van der Waals surface area contributed by atoms with Gasteiger partial charge in [0.05, 0.1) is 0 Å². The molecule has 0 saturated heterocycles. The molecule has 0 radical (unpaired) electrons. The zero-order valence-electron chi connectivity index (χ0n) is 11.7. The van der Waals surface area contributed by atoms with E-state index in [2.05, 4.69) is 42.3 Å². The Morgan fingerprint density at radius 1 is 1.33 bits per heavy atom. The van der Waals surface area contributed by atoms with E-state index in [4.69, 9.17) is 5.73 Å². The number of nitrogens with two attached hydrogens (primary N) is 1. The third kappa shape index (κ3) is 4.04. The third-order valence-corrected chi connectivity index (χ3v) is 2.90. The highest BCUT2D eigenvalue weighted by atomic mass is 16.1. The summed E-state index contributed by atoms with van der Waals surface area (Å²) in [6.07, 6.45) is 0. The van der Waals surface area contributed by atoms with E-state index in [0.29, 0.717) is 6.54 Å². The number of hydrogen-bond acceptors (Lipinski definition) is 3. The molecule has 1 amide bonds. The van der Waals surface area contributed by atoms with Gasteiger partial charge in [0.2, 0.25) is 5.91 Å². The van der Waals surface area contributed by atoms with E-state index in [1.165, 1.54) is 11.1 Å². The number of carbonyl (C=O) groups is 1. The standard InChI is InChI=1S/C14H23N3O/c1-5-16-13(14(15)18)9-17(4)12-7-10(2)6-11(3)8-12/h6-8,13,16H,5,9H2,1-4H3,(H2,15,18). The van der Waals surface area contributed by atoms with E-state index in [1.807, 2.05) is 14.0 Å². The van der Waals surface area contributed by atoms with Crippen molar-refractivity contribution in [1.29, 1.82) is 0 Å². The monoisotopic (exact) mass is 249 g/mol. The van der Waals surface area contributed by atoms with Crippen LogP contribution in [0.2, 0.25) is 0 Å². The van der Waals surface area contributed by atoms with E-state index >= 15 is 0 Å². The number of nitrogens with one attached hydrogen (secondary N) is 1. The quantitative estimate of drug-likeness (QED) is 0.796. The first-order valence-corrected chi connectivity index (χ1v) is 6.26. The number of benzene rings is 1. The number of nitrogens with zero attached hydrogens (tertiary/aromatic N) is 1. The van der Waals surface area contributed by atoms with E-state index in [-0.39, 0.29) is 11.9 Å². The molecule has 1 unspecified atom stereocenters. The number of hydrogen-bond donors (Lipinski definition) is 2. The smallest absolute Gasteiger partial charge is 0.236 e. The summed E-state index contributed by atoms with van der Waals surface area (Å²) in [5.41, 5.74) is 8.93. The summed E-state index contributed by atoms with van der Waals surface area (Å²) in [7, 11) is 1.97. The number of carbonyl (C=O) groups excluding carboxylic acids is 1. The van der Waals surface area contributed by atoms with Crippen molar-refractivity contribution in [1.82, 2.24) is 5.32 Å².